The molecular formula is C25H23NO4. The fourth-order valence-electron chi connectivity index (χ4n) is 4.36. The van der Waals surface area contributed by atoms with Crippen molar-refractivity contribution in [2.75, 3.05) is 7.11 Å². The summed E-state index contributed by atoms with van der Waals surface area (Å²) in [4.78, 5) is 26.4. The molecule has 0 saturated heterocycles. The average Bonchev–Trinajstić information content (AvgIpc) is 3.09. The number of methoxy groups -OCH3 is 1. The molecule has 0 heterocycles. The molecule has 152 valence electrons. The van der Waals surface area contributed by atoms with Crippen LogP contribution in [-0.4, -0.2) is 35.2 Å². The van der Waals surface area contributed by atoms with Gasteiger partial charge in [-0.3, -0.25) is 9.69 Å². The average molecular weight is 401 g/mol. The Hall–Kier alpha value is -3.60. The maximum atomic E-state index is 13.0. The van der Waals surface area contributed by atoms with E-state index < -0.39 is 24.1 Å². The summed E-state index contributed by atoms with van der Waals surface area (Å²) in [6, 6.07) is 24.5. The van der Waals surface area contributed by atoms with Gasteiger partial charge < -0.3 is 9.84 Å². The minimum Gasteiger partial charge on any atom is -0.481 e. The van der Waals surface area contributed by atoms with Crippen molar-refractivity contribution in [3.8, 4) is 11.1 Å². The molecule has 0 spiro atoms. The van der Waals surface area contributed by atoms with Crippen molar-refractivity contribution in [3.05, 3.63) is 95.6 Å². The van der Waals surface area contributed by atoms with Crippen molar-refractivity contribution in [2.24, 2.45) is 0 Å². The fraction of sp³-hybridized carbons (Fsp3) is 0.200. The highest BCUT2D eigenvalue weighted by molar-refractivity contribution is 5.81. The van der Waals surface area contributed by atoms with Gasteiger partial charge in [0.1, 0.15) is 0 Å². The molecule has 0 fully saturated rings. The van der Waals surface area contributed by atoms with Crippen LogP contribution in [0.2, 0.25) is 0 Å². The van der Waals surface area contributed by atoms with E-state index in [0.29, 0.717) is 6.42 Å². The highest BCUT2D eigenvalue weighted by atomic mass is 16.5. The second-order valence-corrected chi connectivity index (χ2v) is 7.40. The van der Waals surface area contributed by atoms with Gasteiger partial charge in [0.2, 0.25) is 0 Å². The molecular weight excluding hydrogens is 378 g/mol. The number of aliphatic carboxylic acids is 1. The van der Waals surface area contributed by atoms with Gasteiger partial charge in [-0.2, -0.15) is 0 Å². The Morgan fingerprint density at radius 1 is 0.900 bits per heavy atom. The first kappa shape index (κ1) is 19.7. The van der Waals surface area contributed by atoms with Crippen LogP contribution in [0.4, 0.5) is 4.79 Å². The van der Waals surface area contributed by atoms with Gasteiger partial charge in [-0.25, -0.2) is 4.79 Å². The first-order valence-corrected chi connectivity index (χ1v) is 9.90. The number of carbonyl (C=O) groups excluding carboxylic acids is 1. The SMILES string of the molecule is COC(=O)N(C(CC(=O)O)Cc1ccccc1)C1c2ccccc2-c2ccccc21. The van der Waals surface area contributed by atoms with Crippen molar-refractivity contribution in [2.45, 2.75) is 24.9 Å². The first-order valence-electron chi connectivity index (χ1n) is 9.90. The normalized spacial score (nSPS) is 13.2. The molecule has 4 rings (SSSR count). The van der Waals surface area contributed by atoms with Gasteiger partial charge in [-0.15, -0.1) is 0 Å². The summed E-state index contributed by atoms with van der Waals surface area (Å²) in [5.41, 5.74) is 5.04. The molecule has 3 aromatic carbocycles. The first-order chi connectivity index (χ1) is 14.6. The smallest absolute Gasteiger partial charge is 0.410 e. The Labute approximate surface area is 175 Å². The fourth-order valence-corrected chi connectivity index (χ4v) is 4.36. The molecule has 5 nitrogen and oxygen atoms in total. The molecule has 0 aromatic heterocycles. The summed E-state index contributed by atoms with van der Waals surface area (Å²) in [7, 11) is 1.34. The quantitative estimate of drug-likeness (QED) is 0.637. The Bertz CT molecular complexity index is 1020. The van der Waals surface area contributed by atoms with Crippen LogP contribution < -0.4 is 0 Å². The minimum absolute atomic E-state index is 0.176. The summed E-state index contributed by atoms with van der Waals surface area (Å²) >= 11 is 0. The highest BCUT2D eigenvalue weighted by Crippen LogP contribution is 2.47. The molecule has 0 bridgehead atoms. The zero-order valence-electron chi connectivity index (χ0n) is 16.7. The van der Waals surface area contributed by atoms with Crippen LogP contribution in [0.3, 0.4) is 0 Å². The van der Waals surface area contributed by atoms with E-state index in [9.17, 15) is 14.7 Å². The lowest BCUT2D eigenvalue weighted by molar-refractivity contribution is -0.138. The van der Waals surface area contributed by atoms with Crippen LogP contribution in [0.1, 0.15) is 29.2 Å². The summed E-state index contributed by atoms with van der Waals surface area (Å²) in [6.07, 6.45) is -0.290. The molecule has 0 aliphatic heterocycles. The number of fused-ring (bicyclic) bond motifs is 3. The second kappa shape index (κ2) is 8.41. The van der Waals surface area contributed by atoms with Crippen LogP contribution in [0, 0.1) is 0 Å². The molecule has 1 aliphatic carbocycles. The Morgan fingerprint density at radius 2 is 1.43 bits per heavy atom. The maximum absolute atomic E-state index is 13.0. The molecule has 5 heteroatoms. The van der Waals surface area contributed by atoms with Gasteiger partial charge in [0.25, 0.3) is 0 Å². The number of hydrogen-bond acceptors (Lipinski definition) is 3. The zero-order valence-corrected chi connectivity index (χ0v) is 16.7. The molecule has 1 atom stereocenters. The molecule has 1 N–H and O–H groups in total. The lowest BCUT2D eigenvalue weighted by atomic mass is 9.96. The van der Waals surface area contributed by atoms with Crippen LogP contribution in [-0.2, 0) is 16.0 Å². The van der Waals surface area contributed by atoms with E-state index in [1.54, 1.807) is 4.90 Å². The summed E-state index contributed by atoms with van der Waals surface area (Å²) < 4.78 is 5.15. The van der Waals surface area contributed by atoms with Gasteiger partial charge in [-0.1, -0.05) is 78.9 Å². The van der Waals surface area contributed by atoms with Gasteiger partial charge in [0.15, 0.2) is 0 Å². The van der Waals surface area contributed by atoms with E-state index in [1.165, 1.54) is 7.11 Å². The summed E-state index contributed by atoms with van der Waals surface area (Å²) in [5.74, 6) is -0.954. The highest BCUT2D eigenvalue weighted by Gasteiger charge is 2.40. The Balaban J connectivity index is 1.83. The molecule has 1 amide bonds. The Kier molecular flexibility index (Phi) is 5.53. The standard InChI is InChI=1S/C25H23NO4/c1-30-25(29)26(18(16-23(27)28)15-17-9-3-2-4-10-17)24-21-13-7-5-11-19(21)20-12-6-8-14-22(20)24/h2-14,18,24H,15-16H2,1H3,(H,27,28). The number of amides is 1. The van der Waals surface area contributed by atoms with E-state index in [2.05, 4.69) is 0 Å². The van der Waals surface area contributed by atoms with Crippen molar-refractivity contribution in [1.29, 1.82) is 0 Å². The monoisotopic (exact) mass is 401 g/mol. The van der Waals surface area contributed by atoms with Crippen molar-refractivity contribution >= 4 is 12.1 Å². The van der Waals surface area contributed by atoms with E-state index in [0.717, 1.165) is 27.8 Å². The van der Waals surface area contributed by atoms with E-state index >= 15 is 0 Å². The van der Waals surface area contributed by atoms with Gasteiger partial charge in [0.05, 0.1) is 25.6 Å². The van der Waals surface area contributed by atoms with E-state index in [-0.39, 0.29) is 6.42 Å². The maximum Gasteiger partial charge on any atom is 0.410 e. The number of carboxylic acid groups (broad SMARTS) is 1. The largest absolute Gasteiger partial charge is 0.481 e. The number of benzene rings is 3. The second-order valence-electron chi connectivity index (χ2n) is 7.40. The predicted molar refractivity (Wildman–Crippen MR) is 114 cm³/mol. The number of ether oxygens (including phenoxy) is 1. The molecule has 3 aromatic rings. The topological polar surface area (TPSA) is 66.8 Å². The van der Waals surface area contributed by atoms with Gasteiger partial charge >= 0.3 is 12.1 Å². The number of nitrogens with zero attached hydrogens (tertiary/aromatic N) is 1. The molecule has 0 radical (unpaired) electrons. The van der Waals surface area contributed by atoms with Crippen LogP contribution in [0.15, 0.2) is 78.9 Å². The molecule has 30 heavy (non-hydrogen) atoms. The Morgan fingerprint density at radius 3 is 1.97 bits per heavy atom. The van der Waals surface area contributed by atoms with Crippen LogP contribution in [0.5, 0.6) is 0 Å². The minimum atomic E-state index is -0.954. The number of carboxylic acids is 1. The van der Waals surface area contributed by atoms with Crippen molar-refractivity contribution in [1.82, 2.24) is 4.90 Å². The summed E-state index contributed by atoms with van der Waals surface area (Å²) in [6.45, 7) is 0. The summed E-state index contributed by atoms with van der Waals surface area (Å²) in [5, 5.41) is 9.62. The van der Waals surface area contributed by atoms with Crippen molar-refractivity contribution < 1.29 is 19.4 Å². The third-order valence-electron chi connectivity index (χ3n) is 5.58. The predicted octanol–water partition coefficient (Wildman–Crippen LogP) is 4.91. The van der Waals surface area contributed by atoms with Gasteiger partial charge in [-0.05, 0) is 34.2 Å². The molecule has 0 saturated carbocycles. The zero-order chi connectivity index (χ0) is 21.1. The lowest BCUT2D eigenvalue weighted by Crippen LogP contribution is -2.45. The number of rotatable bonds is 6. The van der Waals surface area contributed by atoms with Crippen LogP contribution >= 0.6 is 0 Å². The lowest BCUT2D eigenvalue weighted by Gasteiger charge is -2.36. The number of hydrogen-bond donors (Lipinski definition) is 1. The third-order valence-corrected chi connectivity index (χ3v) is 5.58. The molecule has 1 unspecified atom stereocenters. The van der Waals surface area contributed by atoms with Crippen molar-refractivity contribution in [3.63, 3.8) is 0 Å². The van der Waals surface area contributed by atoms with E-state index in [4.69, 9.17) is 4.74 Å². The van der Waals surface area contributed by atoms with E-state index in [1.807, 2.05) is 78.9 Å². The molecule has 1 aliphatic rings. The number of carbonyl (C=O) groups is 2. The van der Waals surface area contributed by atoms with Crippen LogP contribution in [0.25, 0.3) is 11.1 Å². The van der Waals surface area contributed by atoms with Gasteiger partial charge in [0, 0.05) is 0 Å². The third kappa shape index (κ3) is 3.66.